The first kappa shape index (κ1) is 17.9. The van der Waals surface area contributed by atoms with Gasteiger partial charge in [0, 0.05) is 36.6 Å². The number of hydrogen-bond donors (Lipinski definition) is 4. The van der Waals surface area contributed by atoms with Gasteiger partial charge in [0.05, 0.1) is 12.3 Å². The lowest BCUT2D eigenvalue weighted by Gasteiger charge is -2.46. The monoisotopic (exact) mass is 431 g/mol. The minimum atomic E-state index is -2.25. The summed E-state index contributed by atoms with van der Waals surface area (Å²) in [5, 5.41) is 12.1. The van der Waals surface area contributed by atoms with E-state index in [1.807, 2.05) is 0 Å². The van der Waals surface area contributed by atoms with Gasteiger partial charge >= 0.3 is 0 Å². The van der Waals surface area contributed by atoms with Crippen LogP contribution in [0.5, 0.6) is 0 Å². The molecule has 9 unspecified atom stereocenters. The van der Waals surface area contributed by atoms with Gasteiger partial charge in [-0.3, -0.25) is 21.3 Å². The van der Waals surface area contributed by atoms with E-state index in [-0.39, 0.29) is 31.4 Å². The molecule has 0 radical (unpaired) electrons. The summed E-state index contributed by atoms with van der Waals surface area (Å²) in [6, 6.07) is -1.27. The van der Waals surface area contributed by atoms with Crippen molar-refractivity contribution in [2.45, 2.75) is 82.4 Å². The number of hydrogen-bond acceptors (Lipinski definition) is 6. The Balaban J connectivity index is 1.47. The van der Waals surface area contributed by atoms with E-state index in [0.717, 1.165) is 37.9 Å². The highest BCUT2D eigenvalue weighted by Gasteiger charge is 2.50. The molecule has 3 fully saturated rings. The molecule has 0 aromatic heterocycles. The molecule has 4 aliphatic rings. The quantitative estimate of drug-likeness (QED) is 0.495. The number of likely N-dealkylation sites (N-methyl/N-ethyl adjacent to an activating group) is 1. The second-order valence-electron chi connectivity index (χ2n) is 9.18. The average molecular weight is 432 g/mol. The van der Waals surface area contributed by atoms with E-state index in [2.05, 4.69) is 39.3 Å². The third-order valence-electron chi connectivity index (χ3n) is 7.13. The molecule has 8 heteroatoms. The summed E-state index contributed by atoms with van der Waals surface area (Å²) in [5.74, 6) is -0.0513. The molecule has 1 saturated carbocycles. The minimum Gasteiger partial charge on any atom is -0.377 e. The second-order valence-corrected chi connectivity index (χ2v) is 9.18. The molecule has 3 aliphatic heterocycles. The zero-order valence-corrected chi connectivity index (χ0v) is 17.7. The summed E-state index contributed by atoms with van der Waals surface area (Å²) >= 11 is 0. The summed E-state index contributed by atoms with van der Waals surface area (Å²) in [7, 11) is 2.07. The Morgan fingerprint density at radius 3 is 3.07 bits per heavy atom. The van der Waals surface area contributed by atoms with Crippen molar-refractivity contribution < 1.29 is 19.0 Å². The summed E-state index contributed by atoms with van der Waals surface area (Å²) in [5.41, 5.74) is 1.13. The molecule has 4 rings (SSSR count). The van der Waals surface area contributed by atoms with Crippen molar-refractivity contribution in [3.8, 4) is 0 Å². The van der Waals surface area contributed by atoms with Crippen molar-refractivity contribution >= 4 is 0 Å². The molecule has 0 bridgehead atoms. The van der Waals surface area contributed by atoms with E-state index in [0.29, 0.717) is 13.0 Å². The van der Waals surface area contributed by atoms with Crippen molar-refractivity contribution in [3.05, 3.63) is 11.6 Å². The van der Waals surface area contributed by atoms with Crippen LogP contribution in [0.15, 0.2) is 11.6 Å². The molecule has 172 valence electrons. The van der Waals surface area contributed by atoms with Gasteiger partial charge in [-0.05, 0) is 58.6 Å². The molecular weight excluding hydrogens is 388 g/mol. The number of nitrogens with zero attached hydrogens (tertiary/aromatic N) is 1. The number of fused-ring (bicyclic) bond motifs is 1. The van der Waals surface area contributed by atoms with Crippen molar-refractivity contribution in [2.24, 2.45) is 11.8 Å². The highest BCUT2D eigenvalue weighted by molar-refractivity contribution is 5.18. The zero-order valence-electron chi connectivity index (χ0n) is 21.7. The Morgan fingerprint density at radius 1 is 1.33 bits per heavy atom. The van der Waals surface area contributed by atoms with E-state index in [9.17, 15) is 4.39 Å². The van der Waals surface area contributed by atoms with Crippen LogP contribution in [0.3, 0.4) is 0 Å². The van der Waals surface area contributed by atoms with Gasteiger partial charge < -0.3 is 9.64 Å². The smallest absolute Gasteiger partial charge is 0.143 e. The minimum absolute atomic E-state index is 0.111. The summed E-state index contributed by atoms with van der Waals surface area (Å²) in [6.07, 6.45) is 1.18. The molecule has 30 heavy (non-hydrogen) atoms. The Hall–Kier alpha value is -0.640. The Kier molecular flexibility index (Phi) is 5.88. The van der Waals surface area contributed by atoms with E-state index >= 15 is 4.39 Å². The third-order valence-corrected chi connectivity index (χ3v) is 7.13. The normalized spacial score (nSPS) is 48.0. The van der Waals surface area contributed by atoms with Gasteiger partial charge in [-0.25, -0.2) is 8.78 Å². The van der Waals surface area contributed by atoms with Gasteiger partial charge in [0.15, 0.2) is 0 Å². The maximum atomic E-state index is 16.1. The molecule has 4 N–H and O–H groups in total. The number of nitrogens with one attached hydrogen (secondary N) is 4. The average Bonchev–Trinajstić information content (AvgIpc) is 3.13. The molecule has 6 nitrogen and oxygen atoms in total. The van der Waals surface area contributed by atoms with Gasteiger partial charge in [0.2, 0.25) is 0 Å². The first-order chi connectivity index (χ1) is 16.2. The zero-order chi connectivity index (χ0) is 24.5. The predicted octanol–water partition coefficient (Wildman–Crippen LogP) is 1.50. The van der Waals surface area contributed by atoms with Crippen molar-refractivity contribution in [3.63, 3.8) is 0 Å². The Morgan fingerprint density at radius 2 is 2.23 bits per heavy atom. The van der Waals surface area contributed by atoms with Gasteiger partial charge in [0.1, 0.15) is 18.6 Å². The first-order valence-electron chi connectivity index (χ1n) is 13.4. The molecule has 0 spiro atoms. The van der Waals surface area contributed by atoms with Crippen molar-refractivity contribution in [1.82, 2.24) is 26.2 Å². The molecular formula is C22H39F2N5O. The fourth-order valence-corrected chi connectivity index (χ4v) is 5.54. The molecule has 0 amide bonds. The first-order valence-corrected chi connectivity index (χ1v) is 11.2. The van der Waals surface area contributed by atoms with Gasteiger partial charge in [-0.15, -0.1) is 0 Å². The number of ether oxygens (including phenoxy) is 1. The largest absolute Gasteiger partial charge is 0.377 e. The van der Waals surface area contributed by atoms with Crippen LogP contribution in [0.2, 0.25) is 0 Å². The van der Waals surface area contributed by atoms with E-state index in [1.54, 1.807) is 0 Å². The maximum absolute atomic E-state index is 16.1. The van der Waals surface area contributed by atoms with Crippen LogP contribution in [-0.4, -0.2) is 81.2 Å². The van der Waals surface area contributed by atoms with Crippen molar-refractivity contribution in [1.29, 1.82) is 0 Å². The summed E-state index contributed by atoms with van der Waals surface area (Å²) in [4.78, 5) is 2.24. The second kappa shape index (κ2) is 9.88. The van der Waals surface area contributed by atoms with Gasteiger partial charge in [-0.2, -0.15) is 0 Å². The molecule has 0 aromatic carbocycles. The fourth-order valence-electron chi connectivity index (χ4n) is 5.54. The van der Waals surface area contributed by atoms with Crippen LogP contribution < -0.4 is 21.3 Å². The van der Waals surface area contributed by atoms with E-state index in [1.165, 1.54) is 0 Å². The molecule has 2 saturated heterocycles. The number of halogens is 2. The highest BCUT2D eigenvalue weighted by Crippen LogP contribution is 2.44. The van der Waals surface area contributed by atoms with E-state index in [4.69, 9.17) is 10.2 Å². The van der Waals surface area contributed by atoms with Crippen molar-refractivity contribution in [2.75, 3.05) is 33.3 Å². The number of alkyl halides is 2. The van der Waals surface area contributed by atoms with E-state index < -0.39 is 43.7 Å². The maximum Gasteiger partial charge on any atom is 0.143 e. The fraction of sp³-hybridized carbons (Fsp3) is 0.909. The van der Waals surface area contributed by atoms with Crippen LogP contribution in [0.25, 0.3) is 0 Å². The lowest BCUT2D eigenvalue weighted by Crippen LogP contribution is -2.73. The van der Waals surface area contributed by atoms with Crippen LogP contribution in [0.4, 0.5) is 8.78 Å². The number of rotatable bonds is 5. The summed E-state index contributed by atoms with van der Waals surface area (Å²) < 4.78 is 66.9. The molecule has 0 aromatic rings. The Labute approximate surface area is 185 Å². The SMILES string of the molecule is [2H]CC1NC(NC2CC3CCOC3C(C3=CCN(C)CCC3)C2F)NC(NCC([2H])([2H])[2H])C1F. The predicted molar refractivity (Wildman–Crippen MR) is 114 cm³/mol. The Bertz CT molecular complexity index is 717. The topological polar surface area (TPSA) is 60.6 Å². The molecule has 3 heterocycles. The molecule has 1 aliphatic carbocycles. The van der Waals surface area contributed by atoms with Crippen LogP contribution in [0.1, 0.15) is 44.9 Å². The van der Waals surface area contributed by atoms with Gasteiger partial charge in [0.25, 0.3) is 0 Å². The standard InChI is InChI=1S/C22H39F2N5O/c1-4-25-21-18(23)13(2)26-22(28-21)27-16-12-15-8-11-30-20(15)17(19(16)24)14-6-5-9-29(3)10-7-14/h7,13,15-22,25-28H,4-6,8-12H2,1-3H3/i1D3,2D. The lowest BCUT2D eigenvalue weighted by molar-refractivity contribution is -0.0283. The third kappa shape index (κ3) is 4.74. The lowest BCUT2D eigenvalue weighted by atomic mass is 9.71. The highest BCUT2D eigenvalue weighted by atomic mass is 19.1. The van der Waals surface area contributed by atoms with Crippen LogP contribution in [-0.2, 0) is 4.74 Å². The van der Waals surface area contributed by atoms with Crippen LogP contribution in [0, 0.1) is 11.8 Å². The van der Waals surface area contributed by atoms with Crippen LogP contribution >= 0.6 is 0 Å². The van der Waals surface area contributed by atoms with Gasteiger partial charge in [-0.1, -0.05) is 18.5 Å². The summed E-state index contributed by atoms with van der Waals surface area (Å²) in [6.45, 7) is -0.380. The molecule has 9 atom stereocenters.